The first-order valence-electron chi connectivity index (χ1n) is 8.50. The van der Waals surface area contributed by atoms with E-state index in [1.54, 1.807) is 11.3 Å². The van der Waals surface area contributed by atoms with Crippen LogP contribution in [0.25, 0.3) is 0 Å². The van der Waals surface area contributed by atoms with E-state index in [0.29, 0.717) is 18.2 Å². The number of nitrogens with zero attached hydrogens (tertiary/aromatic N) is 2. The summed E-state index contributed by atoms with van der Waals surface area (Å²) in [5.41, 5.74) is 1.58. The summed E-state index contributed by atoms with van der Waals surface area (Å²) in [5, 5.41) is 12.3. The Hall–Kier alpha value is -1.70. The van der Waals surface area contributed by atoms with Crippen LogP contribution in [0.3, 0.4) is 0 Å². The van der Waals surface area contributed by atoms with Crippen LogP contribution >= 0.6 is 11.3 Å². The highest BCUT2D eigenvalue weighted by molar-refractivity contribution is 7.10. The minimum atomic E-state index is -0.104. The van der Waals surface area contributed by atoms with Gasteiger partial charge in [0.05, 0.1) is 19.3 Å². The molecule has 6 nitrogen and oxygen atoms in total. The minimum absolute atomic E-state index is 0.104. The van der Waals surface area contributed by atoms with Crippen LogP contribution in [0, 0.1) is 0 Å². The van der Waals surface area contributed by atoms with Crippen LogP contribution < -0.4 is 5.32 Å². The van der Waals surface area contributed by atoms with Crippen molar-refractivity contribution in [2.45, 2.75) is 24.8 Å². The topological polar surface area (TPSA) is 70.2 Å². The van der Waals surface area contributed by atoms with Gasteiger partial charge in [0.2, 0.25) is 0 Å². The SMILES string of the molecule is O=C(NC[C@H](c1cccs1)N1CCOCC1)c1cc(C2CC2)[nH]n1. The van der Waals surface area contributed by atoms with Crippen molar-refractivity contribution in [2.75, 3.05) is 32.8 Å². The third kappa shape index (κ3) is 3.53. The molecule has 1 amide bonds. The van der Waals surface area contributed by atoms with Gasteiger partial charge in [0.25, 0.3) is 5.91 Å². The van der Waals surface area contributed by atoms with Crippen molar-refractivity contribution in [1.82, 2.24) is 20.4 Å². The predicted octanol–water partition coefficient (Wildman–Crippen LogP) is 2.15. The Morgan fingerprint density at radius 2 is 2.29 bits per heavy atom. The van der Waals surface area contributed by atoms with E-state index in [9.17, 15) is 4.79 Å². The van der Waals surface area contributed by atoms with Gasteiger partial charge >= 0.3 is 0 Å². The normalized spacial score (nSPS) is 20.0. The highest BCUT2D eigenvalue weighted by Crippen LogP contribution is 2.39. The van der Waals surface area contributed by atoms with Gasteiger partial charge < -0.3 is 10.1 Å². The number of carbonyl (C=O) groups excluding carboxylic acids is 1. The number of aromatic nitrogens is 2. The average molecular weight is 346 g/mol. The van der Waals surface area contributed by atoms with Gasteiger partial charge in [-0.15, -0.1) is 11.3 Å². The standard InChI is InChI=1S/C17H22N4O2S/c22-17(14-10-13(19-20-14)12-3-4-12)18-11-15(16-2-1-9-24-16)21-5-7-23-8-6-21/h1-2,9-10,12,15H,3-8,11H2,(H,18,22)(H,19,20)/t15-/m1/s1. The van der Waals surface area contributed by atoms with Crippen LogP contribution in [0.15, 0.2) is 23.6 Å². The van der Waals surface area contributed by atoms with Gasteiger partial charge in [-0.05, 0) is 30.4 Å². The van der Waals surface area contributed by atoms with Crippen LogP contribution in [0.5, 0.6) is 0 Å². The second-order valence-electron chi connectivity index (χ2n) is 6.37. The number of morpholine rings is 1. The zero-order chi connectivity index (χ0) is 16.4. The van der Waals surface area contributed by atoms with E-state index in [4.69, 9.17) is 4.74 Å². The molecule has 2 aromatic heterocycles. The van der Waals surface area contributed by atoms with Crippen molar-refractivity contribution >= 4 is 17.2 Å². The second-order valence-corrected chi connectivity index (χ2v) is 7.35. The van der Waals surface area contributed by atoms with Crippen LogP contribution in [0.2, 0.25) is 0 Å². The predicted molar refractivity (Wildman–Crippen MR) is 92.3 cm³/mol. The first kappa shape index (κ1) is 15.8. The molecule has 0 radical (unpaired) electrons. The molecule has 1 aliphatic heterocycles. The number of thiophene rings is 1. The number of rotatable bonds is 6. The lowest BCUT2D eigenvalue weighted by Crippen LogP contribution is -2.43. The van der Waals surface area contributed by atoms with Crippen molar-refractivity contribution < 1.29 is 9.53 Å². The van der Waals surface area contributed by atoms with E-state index in [2.05, 4.69) is 37.9 Å². The van der Waals surface area contributed by atoms with Gasteiger partial charge in [-0.3, -0.25) is 14.8 Å². The van der Waals surface area contributed by atoms with Crippen LogP contribution in [0.4, 0.5) is 0 Å². The van der Waals surface area contributed by atoms with Crippen molar-refractivity contribution in [3.63, 3.8) is 0 Å². The molecule has 0 spiro atoms. The Bertz CT molecular complexity index is 675. The van der Waals surface area contributed by atoms with Crippen molar-refractivity contribution in [1.29, 1.82) is 0 Å². The molecule has 2 fully saturated rings. The van der Waals surface area contributed by atoms with E-state index in [1.807, 2.05) is 6.07 Å². The Labute approximate surface area is 145 Å². The molecule has 0 bridgehead atoms. The maximum Gasteiger partial charge on any atom is 0.271 e. The summed E-state index contributed by atoms with van der Waals surface area (Å²) >= 11 is 1.73. The fraction of sp³-hybridized carbons (Fsp3) is 0.529. The first-order chi connectivity index (χ1) is 11.8. The summed E-state index contributed by atoms with van der Waals surface area (Å²) in [4.78, 5) is 16.1. The molecule has 2 aliphatic rings. The summed E-state index contributed by atoms with van der Waals surface area (Å²) in [6.45, 7) is 3.88. The zero-order valence-corrected chi connectivity index (χ0v) is 14.3. The first-order valence-corrected chi connectivity index (χ1v) is 9.38. The molecule has 3 heterocycles. The van der Waals surface area contributed by atoms with Crippen LogP contribution in [-0.4, -0.2) is 53.9 Å². The van der Waals surface area contributed by atoms with Gasteiger partial charge in [-0.25, -0.2) is 0 Å². The quantitative estimate of drug-likeness (QED) is 0.841. The highest BCUT2D eigenvalue weighted by Gasteiger charge is 2.27. The van der Waals surface area contributed by atoms with Crippen molar-refractivity contribution in [2.24, 2.45) is 0 Å². The molecule has 7 heteroatoms. The molecule has 0 unspecified atom stereocenters. The Balaban J connectivity index is 1.41. The van der Waals surface area contributed by atoms with E-state index in [0.717, 1.165) is 32.0 Å². The molecular weight excluding hydrogens is 324 g/mol. The molecule has 1 saturated carbocycles. The number of ether oxygens (including phenoxy) is 1. The lowest BCUT2D eigenvalue weighted by Gasteiger charge is -2.34. The number of aromatic amines is 1. The molecule has 1 aliphatic carbocycles. The zero-order valence-electron chi connectivity index (χ0n) is 13.5. The molecule has 128 valence electrons. The van der Waals surface area contributed by atoms with Gasteiger partial charge in [0, 0.05) is 36.1 Å². The minimum Gasteiger partial charge on any atom is -0.379 e. The fourth-order valence-corrected chi connectivity index (χ4v) is 3.98. The third-order valence-electron chi connectivity index (χ3n) is 4.66. The van der Waals surface area contributed by atoms with Gasteiger partial charge in [-0.2, -0.15) is 5.10 Å². The lowest BCUT2D eigenvalue weighted by molar-refractivity contribution is 0.0169. The summed E-state index contributed by atoms with van der Waals surface area (Å²) < 4.78 is 5.45. The van der Waals surface area contributed by atoms with E-state index >= 15 is 0 Å². The summed E-state index contributed by atoms with van der Waals surface area (Å²) in [6.07, 6.45) is 2.39. The molecule has 1 atom stereocenters. The maximum absolute atomic E-state index is 12.4. The second kappa shape index (κ2) is 7.04. The van der Waals surface area contributed by atoms with E-state index in [1.165, 1.54) is 17.7 Å². The number of hydrogen-bond donors (Lipinski definition) is 2. The molecule has 4 rings (SSSR count). The van der Waals surface area contributed by atoms with Crippen LogP contribution in [-0.2, 0) is 4.74 Å². The fourth-order valence-electron chi connectivity index (χ4n) is 3.12. The molecule has 2 aromatic rings. The van der Waals surface area contributed by atoms with Crippen molar-refractivity contribution in [3.05, 3.63) is 39.8 Å². The number of amides is 1. The highest BCUT2D eigenvalue weighted by atomic mass is 32.1. The monoisotopic (exact) mass is 346 g/mol. The summed E-state index contributed by atoms with van der Waals surface area (Å²) in [6, 6.07) is 6.28. The molecule has 0 aromatic carbocycles. The largest absolute Gasteiger partial charge is 0.379 e. The van der Waals surface area contributed by atoms with Gasteiger partial charge in [0.15, 0.2) is 0 Å². The van der Waals surface area contributed by atoms with E-state index < -0.39 is 0 Å². The summed E-state index contributed by atoms with van der Waals surface area (Å²) in [7, 11) is 0. The Kier molecular flexibility index (Phi) is 4.64. The average Bonchev–Trinajstić information content (AvgIpc) is 3.12. The van der Waals surface area contributed by atoms with Gasteiger partial charge in [0.1, 0.15) is 5.69 Å². The summed E-state index contributed by atoms with van der Waals surface area (Å²) in [5.74, 6) is 0.472. The number of nitrogens with one attached hydrogen (secondary N) is 2. The lowest BCUT2D eigenvalue weighted by atomic mass is 10.2. The number of H-pyrrole nitrogens is 1. The molecule has 24 heavy (non-hydrogen) atoms. The third-order valence-corrected chi connectivity index (χ3v) is 5.64. The Morgan fingerprint density at radius 1 is 1.46 bits per heavy atom. The van der Waals surface area contributed by atoms with Crippen LogP contribution in [0.1, 0.15) is 45.9 Å². The molecule has 1 saturated heterocycles. The van der Waals surface area contributed by atoms with Gasteiger partial charge in [-0.1, -0.05) is 6.07 Å². The molecular formula is C17H22N4O2S. The van der Waals surface area contributed by atoms with Crippen molar-refractivity contribution in [3.8, 4) is 0 Å². The number of carbonyl (C=O) groups is 1. The van der Waals surface area contributed by atoms with E-state index in [-0.39, 0.29) is 11.9 Å². The molecule has 2 N–H and O–H groups in total. The number of hydrogen-bond acceptors (Lipinski definition) is 5. The smallest absolute Gasteiger partial charge is 0.271 e. The Morgan fingerprint density at radius 3 is 3.00 bits per heavy atom. The maximum atomic E-state index is 12.4.